The number of hydrogen-bond acceptors (Lipinski definition) is 7. The van der Waals surface area contributed by atoms with E-state index in [0.717, 1.165) is 12.1 Å². The molecule has 1 aliphatic carbocycles. The molecule has 4 N–H and O–H groups in total. The van der Waals surface area contributed by atoms with Gasteiger partial charge in [-0.15, -0.1) is 0 Å². The van der Waals surface area contributed by atoms with Crippen LogP contribution >= 0.6 is 0 Å². The fourth-order valence-electron chi connectivity index (χ4n) is 1.81. The van der Waals surface area contributed by atoms with Crippen LogP contribution in [-0.4, -0.2) is 72.6 Å². The SMILES string of the molecule is NCCOCCOCCOCCOCCOCCC(N)=C1CC1. The van der Waals surface area contributed by atoms with Crippen LogP contribution in [0.2, 0.25) is 0 Å². The summed E-state index contributed by atoms with van der Waals surface area (Å²) in [4.78, 5) is 0. The number of nitrogens with two attached hydrogens (primary N) is 2. The van der Waals surface area contributed by atoms with Gasteiger partial charge in [0.15, 0.2) is 0 Å². The van der Waals surface area contributed by atoms with Crippen LogP contribution in [0.25, 0.3) is 0 Å². The van der Waals surface area contributed by atoms with Crippen molar-refractivity contribution >= 4 is 0 Å². The zero-order valence-corrected chi connectivity index (χ0v) is 14.1. The summed E-state index contributed by atoms with van der Waals surface area (Å²) in [6.45, 7) is 6.34. The Morgan fingerprint density at radius 2 is 1.04 bits per heavy atom. The van der Waals surface area contributed by atoms with Gasteiger partial charge < -0.3 is 35.2 Å². The van der Waals surface area contributed by atoms with Gasteiger partial charge in [-0.3, -0.25) is 0 Å². The normalized spacial score (nSPS) is 13.5. The molecule has 1 fully saturated rings. The summed E-state index contributed by atoms with van der Waals surface area (Å²) in [6.07, 6.45) is 3.17. The highest BCUT2D eigenvalue weighted by Gasteiger charge is 2.14. The molecule has 136 valence electrons. The van der Waals surface area contributed by atoms with Gasteiger partial charge in [0.05, 0.1) is 66.1 Å². The van der Waals surface area contributed by atoms with E-state index in [1.165, 1.54) is 18.4 Å². The Balaban J connectivity index is 1.66. The summed E-state index contributed by atoms with van der Waals surface area (Å²) < 4.78 is 26.8. The molecule has 23 heavy (non-hydrogen) atoms. The molecule has 0 aromatic rings. The molecule has 7 nitrogen and oxygen atoms in total. The van der Waals surface area contributed by atoms with Crippen LogP contribution < -0.4 is 11.5 Å². The molecule has 0 radical (unpaired) electrons. The van der Waals surface area contributed by atoms with Crippen molar-refractivity contribution in [2.45, 2.75) is 19.3 Å². The Labute approximate surface area is 139 Å². The second-order valence-electron chi connectivity index (χ2n) is 5.23. The maximum atomic E-state index is 5.87. The maximum absolute atomic E-state index is 5.87. The highest BCUT2D eigenvalue weighted by Crippen LogP contribution is 2.30. The average Bonchev–Trinajstić information content (AvgIpc) is 3.39. The van der Waals surface area contributed by atoms with E-state index in [0.29, 0.717) is 72.6 Å². The van der Waals surface area contributed by atoms with Gasteiger partial charge >= 0.3 is 0 Å². The highest BCUT2D eigenvalue weighted by molar-refractivity contribution is 5.22. The predicted octanol–water partition coefficient (Wildman–Crippen LogP) is 0.425. The quantitative estimate of drug-likeness (QED) is 0.373. The topological polar surface area (TPSA) is 98.2 Å². The molecule has 0 unspecified atom stereocenters. The zero-order chi connectivity index (χ0) is 16.6. The average molecular weight is 332 g/mol. The smallest absolute Gasteiger partial charge is 0.0701 e. The number of allylic oxidation sites excluding steroid dienone is 1. The molecule has 1 aliphatic rings. The predicted molar refractivity (Wildman–Crippen MR) is 88.2 cm³/mol. The molecular weight excluding hydrogens is 300 g/mol. The second-order valence-corrected chi connectivity index (χ2v) is 5.23. The maximum Gasteiger partial charge on any atom is 0.0701 e. The Morgan fingerprint density at radius 3 is 1.43 bits per heavy atom. The first kappa shape index (κ1) is 20.3. The van der Waals surface area contributed by atoms with Gasteiger partial charge in [-0.25, -0.2) is 0 Å². The molecule has 0 aliphatic heterocycles. The van der Waals surface area contributed by atoms with Gasteiger partial charge in [0.25, 0.3) is 0 Å². The van der Waals surface area contributed by atoms with Crippen molar-refractivity contribution in [3.8, 4) is 0 Å². The van der Waals surface area contributed by atoms with E-state index in [9.17, 15) is 0 Å². The molecule has 0 heterocycles. The molecular formula is C16H32N2O5. The molecule has 1 rings (SSSR count). The van der Waals surface area contributed by atoms with Crippen molar-refractivity contribution in [3.63, 3.8) is 0 Å². The fourth-order valence-corrected chi connectivity index (χ4v) is 1.81. The minimum absolute atomic E-state index is 0.542. The minimum atomic E-state index is 0.542. The van der Waals surface area contributed by atoms with Gasteiger partial charge in [0, 0.05) is 18.7 Å². The van der Waals surface area contributed by atoms with Crippen LogP contribution in [0, 0.1) is 0 Å². The van der Waals surface area contributed by atoms with Crippen molar-refractivity contribution in [2.75, 3.05) is 72.6 Å². The second kappa shape index (κ2) is 14.9. The summed E-state index contributed by atoms with van der Waals surface area (Å²) in [7, 11) is 0. The van der Waals surface area contributed by atoms with E-state index in [2.05, 4.69) is 0 Å². The summed E-state index contributed by atoms with van der Waals surface area (Å²) in [5.41, 5.74) is 13.6. The van der Waals surface area contributed by atoms with Crippen molar-refractivity contribution in [1.82, 2.24) is 0 Å². The first-order valence-electron chi connectivity index (χ1n) is 8.39. The van der Waals surface area contributed by atoms with Crippen molar-refractivity contribution < 1.29 is 23.7 Å². The van der Waals surface area contributed by atoms with E-state index in [-0.39, 0.29) is 0 Å². The monoisotopic (exact) mass is 332 g/mol. The summed E-state index contributed by atoms with van der Waals surface area (Å²) in [5, 5.41) is 0. The Bertz CT molecular complexity index is 307. The highest BCUT2D eigenvalue weighted by atomic mass is 16.6. The number of rotatable bonds is 17. The Morgan fingerprint density at radius 1 is 0.652 bits per heavy atom. The summed E-state index contributed by atoms with van der Waals surface area (Å²) in [6, 6.07) is 0. The van der Waals surface area contributed by atoms with E-state index < -0.39 is 0 Å². The van der Waals surface area contributed by atoms with Crippen LogP contribution in [0.3, 0.4) is 0 Å². The van der Waals surface area contributed by atoms with Crippen LogP contribution in [-0.2, 0) is 23.7 Å². The molecule has 0 saturated heterocycles. The van der Waals surface area contributed by atoms with Crippen molar-refractivity contribution in [1.29, 1.82) is 0 Å². The molecule has 0 amide bonds. The third-order valence-electron chi connectivity index (χ3n) is 3.22. The zero-order valence-electron chi connectivity index (χ0n) is 14.1. The molecule has 0 bridgehead atoms. The van der Waals surface area contributed by atoms with Crippen LogP contribution in [0.15, 0.2) is 11.3 Å². The van der Waals surface area contributed by atoms with Gasteiger partial charge in [0.1, 0.15) is 0 Å². The van der Waals surface area contributed by atoms with Crippen LogP contribution in [0.1, 0.15) is 19.3 Å². The first-order chi connectivity index (χ1) is 11.3. The van der Waals surface area contributed by atoms with Crippen LogP contribution in [0.4, 0.5) is 0 Å². The van der Waals surface area contributed by atoms with Crippen molar-refractivity contribution in [2.24, 2.45) is 11.5 Å². The lowest BCUT2D eigenvalue weighted by atomic mass is 10.3. The van der Waals surface area contributed by atoms with E-state index in [1.807, 2.05) is 0 Å². The van der Waals surface area contributed by atoms with E-state index in [1.54, 1.807) is 0 Å². The molecule has 0 aromatic carbocycles. The molecule has 1 saturated carbocycles. The lowest BCUT2D eigenvalue weighted by Crippen LogP contribution is -2.15. The van der Waals surface area contributed by atoms with Crippen LogP contribution in [0.5, 0.6) is 0 Å². The van der Waals surface area contributed by atoms with Gasteiger partial charge in [-0.05, 0) is 12.8 Å². The fraction of sp³-hybridized carbons (Fsp3) is 0.875. The van der Waals surface area contributed by atoms with Gasteiger partial charge in [-0.2, -0.15) is 0 Å². The largest absolute Gasteiger partial charge is 0.402 e. The molecule has 0 spiro atoms. The molecule has 0 atom stereocenters. The molecule has 0 aromatic heterocycles. The Hall–Kier alpha value is -0.700. The lowest BCUT2D eigenvalue weighted by molar-refractivity contribution is -0.0103. The minimum Gasteiger partial charge on any atom is -0.402 e. The third kappa shape index (κ3) is 13.4. The first-order valence-corrected chi connectivity index (χ1v) is 8.39. The van der Waals surface area contributed by atoms with Gasteiger partial charge in [0.2, 0.25) is 0 Å². The molecule has 7 heteroatoms. The van der Waals surface area contributed by atoms with Gasteiger partial charge in [-0.1, -0.05) is 5.57 Å². The van der Waals surface area contributed by atoms with E-state index >= 15 is 0 Å². The number of ether oxygens (including phenoxy) is 5. The Kier molecular flexibility index (Phi) is 13.1. The standard InChI is InChI=1S/C16H32N2O5/c17-4-6-20-8-10-22-12-14-23-13-11-21-9-7-19-5-3-16(18)15-1-2-15/h1-14,17-18H2. The summed E-state index contributed by atoms with van der Waals surface area (Å²) >= 11 is 0. The lowest BCUT2D eigenvalue weighted by Gasteiger charge is -2.08. The van der Waals surface area contributed by atoms with E-state index in [4.69, 9.17) is 35.2 Å². The summed E-state index contributed by atoms with van der Waals surface area (Å²) in [5.74, 6) is 0. The number of hydrogen-bond donors (Lipinski definition) is 2. The third-order valence-corrected chi connectivity index (χ3v) is 3.22. The van der Waals surface area contributed by atoms with Crippen molar-refractivity contribution in [3.05, 3.63) is 11.3 Å².